The number of benzene rings is 2. The molecule has 7 nitrogen and oxygen atoms in total. The summed E-state index contributed by atoms with van der Waals surface area (Å²) >= 11 is 0. The number of methoxy groups -OCH3 is 1. The van der Waals surface area contributed by atoms with E-state index in [1.165, 1.54) is 0 Å². The van der Waals surface area contributed by atoms with E-state index in [1.54, 1.807) is 25.3 Å². The number of hydrogen-bond acceptors (Lipinski definition) is 5. The average Bonchev–Trinajstić information content (AvgIpc) is 3.62. The smallest absolute Gasteiger partial charge is 0.285 e. The van der Waals surface area contributed by atoms with E-state index in [0.29, 0.717) is 37.1 Å². The van der Waals surface area contributed by atoms with Gasteiger partial charge in [0.05, 0.1) is 13.0 Å². The number of sulfonamides is 1. The van der Waals surface area contributed by atoms with E-state index in [4.69, 9.17) is 4.74 Å². The van der Waals surface area contributed by atoms with Crippen molar-refractivity contribution in [2.24, 2.45) is 10.3 Å². The van der Waals surface area contributed by atoms with Crippen molar-refractivity contribution in [3.8, 4) is 5.75 Å². The van der Waals surface area contributed by atoms with Gasteiger partial charge < -0.3 is 14.5 Å². The van der Waals surface area contributed by atoms with E-state index >= 15 is 0 Å². The summed E-state index contributed by atoms with van der Waals surface area (Å²) in [5.41, 5.74) is 1.72. The Balaban J connectivity index is 1.34. The predicted octanol–water partition coefficient (Wildman–Crippen LogP) is 3.05. The van der Waals surface area contributed by atoms with Crippen LogP contribution < -0.4 is 4.74 Å². The molecule has 0 bridgehead atoms. The second kappa shape index (κ2) is 8.24. The highest BCUT2D eigenvalue weighted by atomic mass is 32.2. The largest absolute Gasteiger partial charge is 0.497 e. The normalized spacial score (nSPS) is 21.6. The number of likely N-dealkylation sites (tertiary alicyclic amines) is 1. The minimum absolute atomic E-state index is 0.155. The molecular formula is C24H27N3O4S. The number of nitrogens with zero attached hydrogens (tertiary/aromatic N) is 3. The SMILES string of the molecule is COc1ccc(CN(C(=O)C2CCCN(C3=NS(=O)(=O)c4ccccc43)C2)C2CC2)cc1. The van der Waals surface area contributed by atoms with Gasteiger partial charge in [0.25, 0.3) is 10.0 Å². The van der Waals surface area contributed by atoms with E-state index in [1.807, 2.05) is 40.1 Å². The van der Waals surface area contributed by atoms with E-state index in [0.717, 1.165) is 37.0 Å². The lowest BCUT2D eigenvalue weighted by Gasteiger charge is -2.36. The van der Waals surface area contributed by atoms with Gasteiger partial charge in [-0.25, -0.2) is 0 Å². The van der Waals surface area contributed by atoms with Crippen LogP contribution >= 0.6 is 0 Å². The first kappa shape index (κ1) is 21.0. The summed E-state index contributed by atoms with van der Waals surface area (Å²) in [4.78, 5) is 17.8. The second-order valence-electron chi connectivity index (χ2n) is 8.72. The molecule has 1 saturated heterocycles. The van der Waals surface area contributed by atoms with Gasteiger partial charge in [-0.15, -0.1) is 4.40 Å². The van der Waals surface area contributed by atoms with E-state index in [-0.39, 0.29) is 16.7 Å². The molecule has 0 spiro atoms. The van der Waals surface area contributed by atoms with Gasteiger partial charge in [0.15, 0.2) is 5.84 Å². The van der Waals surface area contributed by atoms with Crippen LogP contribution in [0.25, 0.3) is 0 Å². The molecule has 8 heteroatoms. The zero-order chi connectivity index (χ0) is 22.3. The maximum Gasteiger partial charge on any atom is 0.285 e. The van der Waals surface area contributed by atoms with Crippen LogP contribution in [0.4, 0.5) is 0 Å². The second-order valence-corrected chi connectivity index (χ2v) is 10.3. The Bertz CT molecular complexity index is 1160. The van der Waals surface area contributed by atoms with E-state index < -0.39 is 10.0 Å². The molecule has 2 heterocycles. The summed E-state index contributed by atoms with van der Waals surface area (Å²) < 4.78 is 34.3. The van der Waals surface area contributed by atoms with Crippen LogP contribution in [0.5, 0.6) is 5.75 Å². The molecule has 3 aliphatic rings. The van der Waals surface area contributed by atoms with E-state index in [9.17, 15) is 13.2 Å². The molecule has 1 amide bonds. The lowest BCUT2D eigenvalue weighted by molar-refractivity contribution is -0.138. The molecule has 1 atom stereocenters. The Kier molecular flexibility index (Phi) is 5.41. The standard InChI is InChI=1S/C24H27N3O4S/c1-31-20-12-8-17(9-13-20)15-27(19-10-11-19)24(28)18-5-4-14-26(16-18)23-21-6-2-3-7-22(21)32(29,30)25-23/h2-3,6-9,12-13,18-19H,4-5,10-11,14-16H2,1H3. The molecule has 2 aromatic carbocycles. The molecule has 5 rings (SSSR count). The number of carbonyl (C=O) groups excluding carboxylic acids is 1. The van der Waals surface area contributed by atoms with Gasteiger partial charge in [-0.05, 0) is 55.5 Å². The Morgan fingerprint density at radius 1 is 1.12 bits per heavy atom. The van der Waals surface area contributed by atoms with Crippen molar-refractivity contribution >= 4 is 21.8 Å². The number of carbonyl (C=O) groups is 1. The number of amidine groups is 1. The summed E-state index contributed by atoms with van der Waals surface area (Å²) in [6.07, 6.45) is 3.72. The van der Waals surface area contributed by atoms with Crippen LogP contribution in [0.1, 0.15) is 36.8 Å². The van der Waals surface area contributed by atoms with Crippen molar-refractivity contribution in [1.29, 1.82) is 0 Å². The van der Waals surface area contributed by atoms with Crippen molar-refractivity contribution in [1.82, 2.24) is 9.80 Å². The summed E-state index contributed by atoms with van der Waals surface area (Å²) in [5, 5.41) is 0. The predicted molar refractivity (Wildman–Crippen MR) is 121 cm³/mol. The minimum atomic E-state index is -3.67. The first-order chi connectivity index (χ1) is 15.5. The van der Waals surface area contributed by atoms with Crippen LogP contribution in [0, 0.1) is 5.92 Å². The maximum atomic E-state index is 13.6. The summed E-state index contributed by atoms with van der Waals surface area (Å²) in [7, 11) is -2.03. The third kappa shape index (κ3) is 3.99. The first-order valence-corrected chi connectivity index (χ1v) is 12.5. The highest BCUT2D eigenvalue weighted by molar-refractivity contribution is 7.90. The number of amides is 1. The molecule has 2 aliphatic heterocycles. The number of ether oxygens (including phenoxy) is 1. The first-order valence-electron chi connectivity index (χ1n) is 11.1. The third-order valence-corrected chi connectivity index (χ3v) is 7.79. The fourth-order valence-corrected chi connectivity index (χ4v) is 5.85. The Morgan fingerprint density at radius 2 is 1.88 bits per heavy atom. The minimum Gasteiger partial charge on any atom is -0.497 e. The van der Waals surface area contributed by atoms with Crippen LogP contribution in [0.3, 0.4) is 0 Å². The Hall–Kier alpha value is -2.87. The van der Waals surface area contributed by atoms with Crippen LogP contribution in [-0.4, -0.2) is 56.2 Å². The molecule has 0 radical (unpaired) electrons. The van der Waals surface area contributed by atoms with Crippen molar-refractivity contribution in [2.45, 2.75) is 43.2 Å². The van der Waals surface area contributed by atoms with Crippen LogP contribution in [-0.2, 0) is 21.4 Å². The Labute approximate surface area is 188 Å². The van der Waals surface area contributed by atoms with Gasteiger partial charge in [0.1, 0.15) is 10.6 Å². The van der Waals surface area contributed by atoms with Crippen molar-refractivity contribution in [3.05, 3.63) is 59.7 Å². The van der Waals surface area contributed by atoms with Crippen LogP contribution in [0.15, 0.2) is 57.8 Å². The zero-order valence-electron chi connectivity index (χ0n) is 18.1. The van der Waals surface area contributed by atoms with Crippen molar-refractivity contribution in [3.63, 3.8) is 0 Å². The average molecular weight is 454 g/mol. The molecule has 2 aromatic rings. The third-order valence-electron chi connectivity index (χ3n) is 6.47. The number of hydrogen-bond donors (Lipinski definition) is 0. The quantitative estimate of drug-likeness (QED) is 0.695. The molecule has 1 saturated carbocycles. The lowest BCUT2D eigenvalue weighted by Crippen LogP contribution is -2.47. The molecule has 32 heavy (non-hydrogen) atoms. The molecule has 1 aliphatic carbocycles. The van der Waals surface area contributed by atoms with Gasteiger partial charge in [-0.1, -0.05) is 24.3 Å². The van der Waals surface area contributed by atoms with Gasteiger partial charge in [-0.2, -0.15) is 8.42 Å². The lowest BCUT2D eigenvalue weighted by atomic mass is 9.95. The molecule has 2 fully saturated rings. The van der Waals surface area contributed by atoms with Crippen molar-refractivity contribution < 1.29 is 17.9 Å². The number of rotatable bonds is 5. The monoisotopic (exact) mass is 453 g/mol. The molecule has 168 valence electrons. The van der Waals surface area contributed by atoms with Gasteiger partial charge >= 0.3 is 0 Å². The molecular weight excluding hydrogens is 426 g/mol. The summed E-state index contributed by atoms with van der Waals surface area (Å²) in [5.74, 6) is 1.27. The van der Waals surface area contributed by atoms with Gasteiger partial charge in [-0.3, -0.25) is 4.79 Å². The molecule has 0 aromatic heterocycles. The Morgan fingerprint density at radius 3 is 2.59 bits per heavy atom. The van der Waals surface area contributed by atoms with Crippen LogP contribution in [0.2, 0.25) is 0 Å². The summed E-state index contributed by atoms with van der Waals surface area (Å²) in [6.45, 7) is 1.78. The highest BCUT2D eigenvalue weighted by Gasteiger charge is 2.39. The van der Waals surface area contributed by atoms with Gasteiger partial charge in [0.2, 0.25) is 5.91 Å². The molecule has 0 N–H and O–H groups in total. The number of piperidine rings is 1. The number of fused-ring (bicyclic) bond motifs is 1. The zero-order valence-corrected chi connectivity index (χ0v) is 18.9. The van der Waals surface area contributed by atoms with Crippen molar-refractivity contribution in [2.75, 3.05) is 20.2 Å². The highest BCUT2D eigenvalue weighted by Crippen LogP contribution is 2.33. The maximum absolute atomic E-state index is 13.6. The summed E-state index contributed by atoms with van der Waals surface area (Å²) in [6, 6.07) is 15.1. The topological polar surface area (TPSA) is 79.3 Å². The van der Waals surface area contributed by atoms with E-state index in [2.05, 4.69) is 4.40 Å². The molecule has 1 unspecified atom stereocenters. The van der Waals surface area contributed by atoms with Gasteiger partial charge in [0, 0.05) is 31.2 Å². The fourth-order valence-electron chi connectivity index (χ4n) is 4.62. The fraction of sp³-hybridized carbons (Fsp3) is 0.417.